The number of phenols is 1. The normalized spacial score (nSPS) is 12.0. The summed E-state index contributed by atoms with van der Waals surface area (Å²) in [6.07, 6.45) is 0. The molecule has 2 rings (SSSR count). The predicted molar refractivity (Wildman–Crippen MR) is 71.6 cm³/mol. The van der Waals surface area contributed by atoms with Gasteiger partial charge in [0.2, 0.25) is 0 Å². The van der Waals surface area contributed by atoms with Gasteiger partial charge < -0.3 is 10.2 Å². The molecule has 0 heterocycles. The molecule has 0 aliphatic carbocycles. The molecule has 2 aromatic rings. The monoisotopic (exact) mass is 276 g/mol. The molecule has 0 fully saturated rings. The zero-order chi connectivity index (χ0) is 13.8. The average molecular weight is 276 g/mol. The molecule has 0 saturated heterocycles. The maximum absolute atomic E-state index is 12.1. The molecule has 2 aromatic carbocycles. The van der Waals surface area contributed by atoms with E-state index in [1.165, 1.54) is 18.2 Å². The summed E-state index contributed by atoms with van der Waals surface area (Å²) in [4.78, 5) is 11.3. The molecule has 0 spiro atoms. The first kappa shape index (κ1) is 13.3. The third-order valence-corrected chi connectivity index (χ3v) is 3.93. The molecule has 0 aliphatic heterocycles. The van der Waals surface area contributed by atoms with Crippen LogP contribution >= 0.6 is 0 Å². The van der Waals surface area contributed by atoms with Gasteiger partial charge in [-0.05, 0) is 35.9 Å². The molecule has 4 nitrogen and oxygen atoms in total. The van der Waals surface area contributed by atoms with Crippen molar-refractivity contribution < 1.29 is 19.2 Å². The third-order valence-electron chi connectivity index (χ3n) is 2.55. The van der Waals surface area contributed by atoms with Crippen LogP contribution < -0.4 is 0 Å². The number of aromatic carboxylic acids is 1. The van der Waals surface area contributed by atoms with Crippen LogP contribution in [0.15, 0.2) is 53.4 Å². The Kier molecular flexibility index (Phi) is 3.97. The molecule has 2 N–H and O–H groups in total. The van der Waals surface area contributed by atoms with Gasteiger partial charge in [-0.3, -0.25) is 4.21 Å². The molecule has 0 bridgehead atoms. The topological polar surface area (TPSA) is 74.6 Å². The van der Waals surface area contributed by atoms with Gasteiger partial charge in [-0.1, -0.05) is 18.2 Å². The van der Waals surface area contributed by atoms with Crippen molar-refractivity contribution in [3.05, 3.63) is 59.7 Å². The first-order chi connectivity index (χ1) is 9.06. The van der Waals surface area contributed by atoms with Gasteiger partial charge >= 0.3 is 5.97 Å². The van der Waals surface area contributed by atoms with Crippen molar-refractivity contribution in [3.63, 3.8) is 0 Å². The standard InChI is InChI=1S/C14H12O4S/c15-12-5-1-3-10(7-12)9-19(18)13-6-2-4-11(8-13)14(16)17/h1-8,15H,9H2,(H,16,17). The molecule has 19 heavy (non-hydrogen) atoms. The van der Waals surface area contributed by atoms with Gasteiger partial charge in [0.25, 0.3) is 0 Å². The van der Waals surface area contributed by atoms with Crippen LogP contribution in [0, 0.1) is 0 Å². The van der Waals surface area contributed by atoms with Crippen molar-refractivity contribution in [2.75, 3.05) is 0 Å². The molecule has 0 aromatic heterocycles. The number of aromatic hydroxyl groups is 1. The second-order valence-corrected chi connectivity index (χ2v) is 5.44. The van der Waals surface area contributed by atoms with Crippen LogP contribution in [0.5, 0.6) is 5.75 Å². The zero-order valence-electron chi connectivity index (χ0n) is 9.95. The van der Waals surface area contributed by atoms with E-state index in [1.807, 2.05) is 0 Å². The van der Waals surface area contributed by atoms with Gasteiger partial charge in [0.05, 0.1) is 22.1 Å². The highest BCUT2D eigenvalue weighted by molar-refractivity contribution is 7.84. The minimum Gasteiger partial charge on any atom is -0.508 e. The lowest BCUT2D eigenvalue weighted by Gasteiger charge is -2.04. The summed E-state index contributed by atoms with van der Waals surface area (Å²) in [6, 6.07) is 12.6. The predicted octanol–water partition coefficient (Wildman–Crippen LogP) is 2.40. The Morgan fingerprint density at radius 1 is 1.11 bits per heavy atom. The van der Waals surface area contributed by atoms with E-state index in [1.54, 1.807) is 30.3 Å². The van der Waals surface area contributed by atoms with Crippen LogP contribution in [0.25, 0.3) is 0 Å². The van der Waals surface area contributed by atoms with Crippen molar-refractivity contribution in [2.45, 2.75) is 10.6 Å². The van der Waals surface area contributed by atoms with Crippen LogP contribution in [0.2, 0.25) is 0 Å². The van der Waals surface area contributed by atoms with Gasteiger partial charge in [0.1, 0.15) is 5.75 Å². The number of phenolic OH excluding ortho intramolecular Hbond substituents is 1. The van der Waals surface area contributed by atoms with Gasteiger partial charge in [-0.2, -0.15) is 0 Å². The second-order valence-electron chi connectivity index (χ2n) is 3.99. The fourth-order valence-corrected chi connectivity index (χ4v) is 2.79. The number of benzene rings is 2. The number of carboxylic acid groups (broad SMARTS) is 1. The van der Waals surface area contributed by atoms with E-state index in [9.17, 15) is 14.1 Å². The largest absolute Gasteiger partial charge is 0.508 e. The van der Waals surface area contributed by atoms with Gasteiger partial charge in [-0.25, -0.2) is 4.79 Å². The molecule has 0 saturated carbocycles. The highest BCUT2D eigenvalue weighted by Crippen LogP contribution is 2.17. The average Bonchev–Trinajstić information content (AvgIpc) is 2.39. The van der Waals surface area contributed by atoms with Crippen molar-refractivity contribution in [3.8, 4) is 5.75 Å². The van der Waals surface area contributed by atoms with Crippen molar-refractivity contribution in [2.24, 2.45) is 0 Å². The van der Waals surface area contributed by atoms with E-state index in [2.05, 4.69) is 0 Å². The molecular formula is C14H12O4S. The van der Waals surface area contributed by atoms with E-state index in [-0.39, 0.29) is 17.1 Å². The fourth-order valence-electron chi connectivity index (χ4n) is 1.65. The van der Waals surface area contributed by atoms with E-state index >= 15 is 0 Å². The van der Waals surface area contributed by atoms with E-state index in [4.69, 9.17) is 5.11 Å². The summed E-state index contributed by atoms with van der Waals surface area (Å²) in [6.45, 7) is 0. The summed E-state index contributed by atoms with van der Waals surface area (Å²) in [5.74, 6) is -0.692. The maximum atomic E-state index is 12.1. The fraction of sp³-hybridized carbons (Fsp3) is 0.0714. The maximum Gasteiger partial charge on any atom is 0.335 e. The Morgan fingerprint density at radius 2 is 1.84 bits per heavy atom. The lowest BCUT2D eigenvalue weighted by atomic mass is 10.2. The number of rotatable bonds is 4. The second kappa shape index (κ2) is 5.67. The zero-order valence-corrected chi connectivity index (χ0v) is 10.8. The van der Waals surface area contributed by atoms with Crippen LogP contribution in [0.3, 0.4) is 0 Å². The van der Waals surface area contributed by atoms with Crippen molar-refractivity contribution in [1.29, 1.82) is 0 Å². The van der Waals surface area contributed by atoms with Crippen LogP contribution in [0.4, 0.5) is 0 Å². The molecule has 1 unspecified atom stereocenters. The molecule has 0 radical (unpaired) electrons. The summed E-state index contributed by atoms with van der Waals surface area (Å²) in [5, 5.41) is 18.2. The SMILES string of the molecule is O=C(O)c1cccc(S(=O)Cc2cccc(O)c2)c1. The minimum atomic E-state index is -1.34. The quantitative estimate of drug-likeness (QED) is 0.899. The Bertz CT molecular complexity index is 637. The highest BCUT2D eigenvalue weighted by atomic mass is 32.2. The van der Waals surface area contributed by atoms with Crippen molar-refractivity contribution in [1.82, 2.24) is 0 Å². The lowest BCUT2D eigenvalue weighted by molar-refractivity contribution is 0.0696. The molecular weight excluding hydrogens is 264 g/mol. The van der Waals surface area contributed by atoms with E-state index in [0.717, 1.165) is 5.56 Å². The van der Waals surface area contributed by atoms with E-state index < -0.39 is 16.8 Å². The molecule has 1 atom stereocenters. The smallest absolute Gasteiger partial charge is 0.335 e. The summed E-state index contributed by atoms with van der Waals surface area (Å²) >= 11 is 0. The number of hydrogen-bond acceptors (Lipinski definition) is 3. The molecule has 5 heteroatoms. The number of carboxylic acids is 1. The van der Waals surface area contributed by atoms with Crippen LogP contribution in [0.1, 0.15) is 15.9 Å². The van der Waals surface area contributed by atoms with Gasteiger partial charge in [0, 0.05) is 4.90 Å². The molecule has 0 aliphatic rings. The summed E-state index contributed by atoms with van der Waals surface area (Å²) < 4.78 is 12.1. The molecule has 98 valence electrons. The lowest BCUT2D eigenvalue weighted by Crippen LogP contribution is -2.00. The number of hydrogen-bond donors (Lipinski definition) is 2. The Balaban J connectivity index is 2.20. The first-order valence-corrected chi connectivity index (χ1v) is 6.88. The molecule has 0 amide bonds. The van der Waals surface area contributed by atoms with Crippen molar-refractivity contribution >= 4 is 16.8 Å². The Labute approximate surface area is 112 Å². The Morgan fingerprint density at radius 3 is 2.53 bits per heavy atom. The van der Waals surface area contributed by atoms with Crippen LogP contribution in [-0.4, -0.2) is 20.4 Å². The Hall–Kier alpha value is -2.14. The summed E-state index contributed by atoms with van der Waals surface area (Å²) in [5.41, 5.74) is 0.848. The first-order valence-electron chi connectivity index (χ1n) is 5.56. The third kappa shape index (κ3) is 3.42. The van der Waals surface area contributed by atoms with Gasteiger partial charge in [-0.15, -0.1) is 0 Å². The summed E-state index contributed by atoms with van der Waals surface area (Å²) in [7, 11) is -1.34. The van der Waals surface area contributed by atoms with E-state index in [0.29, 0.717) is 4.90 Å². The number of carbonyl (C=O) groups is 1. The minimum absolute atomic E-state index is 0.113. The van der Waals surface area contributed by atoms with Gasteiger partial charge in [0.15, 0.2) is 0 Å². The van der Waals surface area contributed by atoms with Crippen LogP contribution in [-0.2, 0) is 16.6 Å². The highest BCUT2D eigenvalue weighted by Gasteiger charge is 2.09.